The molecule has 142 valence electrons. The maximum Gasteiger partial charge on any atom is 0.134 e. The fraction of sp³-hybridized carbons (Fsp3) is 0.458. The van der Waals surface area contributed by atoms with Crippen LogP contribution in [-0.2, 0) is 4.79 Å². The first kappa shape index (κ1) is 18.2. The first-order valence-electron chi connectivity index (χ1n) is 10.3. The Morgan fingerprint density at radius 2 is 1.48 bits per heavy atom. The molecule has 1 aliphatic carbocycles. The molecule has 3 nitrogen and oxygen atoms in total. The summed E-state index contributed by atoms with van der Waals surface area (Å²) < 4.78 is 5.91. The highest BCUT2D eigenvalue weighted by atomic mass is 16.5. The lowest BCUT2D eigenvalue weighted by molar-refractivity contribution is -0.121. The van der Waals surface area contributed by atoms with Crippen LogP contribution in [0.25, 0.3) is 0 Å². The van der Waals surface area contributed by atoms with Crippen LogP contribution in [0.4, 0.5) is 0 Å². The molecule has 2 fully saturated rings. The average molecular weight is 364 g/mol. The number of hydrogen-bond donors (Lipinski definition) is 0. The Morgan fingerprint density at radius 1 is 0.852 bits per heavy atom. The average Bonchev–Trinajstić information content (AvgIpc) is 3.22. The van der Waals surface area contributed by atoms with Gasteiger partial charge in [0.15, 0.2) is 0 Å². The summed E-state index contributed by atoms with van der Waals surface area (Å²) in [5, 5.41) is 0. The molecule has 4 rings (SSSR count). The quantitative estimate of drug-likeness (QED) is 0.739. The number of ether oxygens (including phenoxy) is 1. The highest BCUT2D eigenvalue weighted by Crippen LogP contribution is 2.40. The van der Waals surface area contributed by atoms with Gasteiger partial charge in [-0.3, -0.25) is 9.69 Å². The fourth-order valence-electron chi connectivity index (χ4n) is 4.51. The SMILES string of the molecule is O=C1C[C@@H](c2ccccc2)C[C@@H](c2ccc(OCCN3CCCC3)cc2)C1. The van der Waals surface area contributed by atoms with Crippen molar-refractivity contribution in [3.63, 3.8) is 0 Å². The van der Waals surface area contributed by atoms with Crippen molar-refractivity contribution < 1.29 is 9.53 Å². The molecule has 0 N–H and O–H groups in total. The zero-order valence-electron chi connectivity index (χ0n) is 16.0. The number of nitrogens with zero attached hydrogens (tertiary/aromatic N) is 1. The minimum Gasteiger partial charge on any atom is -0.492 e. The summed E-state index contributed by atoms with van der Waals surface area (Å²) >= 11 is 0. The number of hydrogen-bond acceptors (Lipinski definition) is 3. The van der Waals surface area contributed by atoms with Crippen LogP contribution >= 0.6 is 0 Å². The van der Waals surface area contributed by atoms with E-state index in [1.807, 2.05) is 6.07 Å². The topological polar surface area (TPSA) is 29.5 Å². The molecule has 2 aliphatic rings. The summed E-state index contributed by atoms with van der Waals surface area (Å²) in [5.41, 5.74) is 2.55. The Hall–Kier alpha value is -2.13. The Labute approximate surface area is 162 Å². The van der Waals surface area contributed by atoms with Crippen LogP contribution in [0.15, 0.2) is 54.6 Å². The van der Waals surface area contributed by atoms with Crippen molar-refractivity contribution in [1.82, 2.24) is 4.90 Å². The van der Waals surface area contributed by atoms with Crippen molar-refractivity contribution in [3.05, 3.63) is 65.7 Å². The van der Waals surface area contributed by atoms with E-state index in [1.54, 1.807) is 0 Å². The van der Waals surface area contributed by atoms with Crippen molar-refractivity contribution in [2.75, 3.05) is 26.2 Å². The zero-order valence-corrected chi connectivity index (χ0v) is 16.0. The second-order valence-electron chi connectivity index (χ2n) is 7.95. The summed E-state index contributed by atoms with van der Waals surface area (Å²) in [4.78, 5) is 14.8. The summed E-state index contributed by atoms with van der Waals surface area (Å²) in [6.07, 6.45) is 5.03. The largest absolute Gasteiger partial charge is 0.492 e. The van der Waals surface area contributed by atoms with Gasteiger partial charge >= 0.3 is 0 Å². The van der Waals surface area contributed by atoms with Gasteiger partial charge in [-0.2, -0.15) is 0 Å². The van der Waals surface area contributed by atoms with Crippen LogP contribution in [-0.4, -0.2) is 36.9 Å². The van der Waals surface area contributed by atoms with E-state index in [4.69, 9.17) is 4.74 Å². The molecule has 1 saturated carbocycles. The molecular formula is C24H29NO2. The predicted octanol–water partition coefficient (Wildman–Crippen LogP) is 4.78. The number of carbonyl (C=O) groups is 1. The minimum absolute atomic E-state index is 0.315. The molecule has 2 atom stereocenters. The van der Waals surface area contributed by atoms with Gasteiger partial charge in [0.05, 0.1) is 0 Å². The molecule has 0 unspecified atom stereocenters. The van der Waals surface area contributed by atoms with Crippen molar-refractivity contribution >= 4 is 5.78 Å². The third-order valence-corrected chi connectivity index (χ3v) is 6.01. The van der Waals surface area contributed by atoms with Gasteiger partial charge in [0.1, 0.15) is 18.1 Å². The summed E-state index contributed by atoms with van der Waals surface area (Å²) in [6, 6.07) is 18.9. The number of benzene rings is 2. The standard InChI is InChI=1S/C24H29NO2/c26-23-17-21(19-6-2-1-3-7-19)16-22(18-23)20-8-10-24(11-9-20)27-15-14-25-12-4-5-13-25/h1-3,6-11,21-22H,4-5,12-18H2/t21-,22+/m0/s1. The van der Waals surface area contributed by atoms with E-state index >= 15 is 0 Å². The molecule has 27 heavy (non-hydrogen) atoms. The number of carbonyl (C=O) groups excluding carboxylic acids is 1. The Morgan fingerprint density at radius 3 is 2.15 bits per heavy atom. The number of ketones is 1. The molecule has 2 aromatic rings. The van der Waals surface area contributed by atoms with Crippen LogP contribution in [0.3, 0.4) is 0 Å². The molecule has 3 heteroatoms. The van der Waals surface area contributed by atoms with Crippen LogP contribution < -0.4 is 4.74 Å². The van der Waals surface area contributed by atoms with E-state index < -0.39 is 0 Å². The first-order chi connectivity index (χ1) is 13.3. The highest BCUT2D eigenvalue weighted by molar-refractivity contribution is 5.81. The third-order valence-electron chi connectivity index (χ3n) is 6.01. The van der Waals surface area contributed by atoms with Crippen molar-refractivity contribution in [2.24, 2.45) is 0 Å². The lowest BCUT2D eigenvalue weighted by Crippen LogP contribution is -2.25. The van der Waals surface area contributed by atoms with E-state index in [2.05, 4.69) is 53.4 Å². The smallest absolute Gasteiger partial charge is 0.134 e. The molecule has 2 aromatic carbocycles. The lowest BCUT2D eigenvalue weighted by atomic mass is 9.75. The summed E-state index contributed by atoms with van der Waals surface area (Å²) in [5.74, 6) is 1.97. The van der Waals surface area contributed by atoms with Crippen molar-refractivity contribution in [2.45, 2.75) is 43.9 Å². The predicted molar refractivity (Wildman–Crippen MR) is 108 cm³/mol. The maximum absolute atomic E-state index is 12.3. The third kappa shape index (κ3) is 4.78. The van der Waals surface area contributed by atoms with Crippen LogP contribution in [0.5, 0.6) is 5.75 Å². The molecule has 1 aliphatic heterocycles. The normalized spacial score (nSPS) is 23.5. The van der Waals surface area contributed by atoms with E-state index in [9.17, 15) is 4.79 Å². The summed E-state index contributed by atoms with van der Waals surface area (Å²) in [7, 11) is 0. The number of Topliss-reactive ketones (excluding diaryl/α,β-unsaturated/α-hetero) is 1. The highest BCUT2D eigenvalue weighted by Gasteiger charge is 2.29. The van der Waals surface area contributed by atoms with E-state index in [0.29, 0.717) is 30.5 Å². The van der Waals surface area contributed by atoms with E-state index in [1.165, 1.54) is 37.1 Å². The number of likely N-dealkylation sites (tertiary alicyclic amines) is 1. The molecule has 0 amide bonds. The van der Waals surface area contributed by atoms with Crippen LogP contribution in [0.1, 0.15) is 55.1 Å². The van der Waals surface area contributed by atoms with Gasteiger partial charge in [-0.1, -0.05) is 42.5 Å². The first-order valence-corrected chi connectivity index (χ1v) is 10.3. The van der Waals surface area contributed by atoms with E-state index in [0.717, 1.165) is 25.3 Å². The van der Waals surface area contributed by atoms with Gasteiger partial charge in [-0.05, 0) is 67.4 Å². The number of rotatable bonds is 6. The second kappa shape index (κ2) is 8.71. The molecule has 0 radical (unpaired) electrons. The molecule has 1 heterocycles. The van der Waals surface area contributed by atoms with E-state index in [-0.39, 0.29) is 0 Å². The van der Waals surface area contributed by atoms with Gasteiger partial charge < -0.3 is 4.74 Å². The molecule has 0 spiro atoms. The maximum atomic E-state index is 12.3. The Balaban J connectivity index is 1.35. The van der Waals surface area contributed by atoms with Gasteiger partial charge in [0.2, 0.25) is 0 Å². The molecule has 0 aromatic heterocycles. The van der Waals surface area contributed by atoms with Crippen LogP contribution in [0.2, 0.25) is 0 Å². The summed E-state index contributed by atoms with van der Waals surface area (Å²) in [6.45, 7) is 4.18. The second-order valence-corrected chi connectivity index (χ2v) is 7.95. The minimum atomic E-state index is 0.315. The molecule has 1 saturated heterocycles. The van der Waals surface area contributed by atoms with Gasteiger partial charge in [0.25, 0.3) is 0 Å². The van der Waals surface area contributed by atoms with Gasteiger partial charge in [-0.15, -0.1) is 0 Å². The van der Waals surface area contributed by atoms with Crippen molar-refractivity contribution in [3.8, 4) is 5.75 Å². The Kier molecular flexibility index (Phi) is 5.88. The lowest BCUT2D eigenvalue weighted by Gasteiger charge is -2.29. The Bertz CT molecular complexity index is 735. The zero-order chi connectivity index (χ0) is 18.5. The monoisotopic (exact) mass is 363 g/mol. The van der Waals surface area contributed by atoms with Crippen LogP contribution in [0, 0.1) is 0 Å². The fourth-order valence-corrected chi connectivity index (χ4v) is 4.51. The van der Waals surface area contributed by atoms with Gasteiger partial charge in [-0.25, -0.2) is 0 Å². The van der Waals surface area contributed by atoms with Crippen molar-refractivity contribution in [1.29, 1.82) is 0 Å². The van der Waals surface area contributed by atoms with Gasteiger partial charge in [0, 0.05) is 19.4 Å². The molecule has 0 bridgehead atoms. The molecular weight excluding hydrogens is 334 g/mol.